The fourth-order valence-corrected chi connectivity index (χ4v) is 4.54. The zero-order chi connectivity index (χ0) is 17.7. The molecule has 2 rings (SSSR count). The highest BCUT2D eigenvalue weighted by Gasteiger charge is 2.24. The number of hydrogen-bond donors (Lipinski definition) is 0. The molecule has 24 heavy (non-hydrogen) atoms. The molecule has 1 atom stereocenters. The first-order valence-corrected chi connectivity index (χ1v) is 10.7. The summed E-state index contributed by atoms with van der Waals surface area (Å²) in [7, 11) is -1.92. The van der Waals surface area contributed by atoms with Crippen LogP contribution in [-0.4, -0.2) is 31.6 Å². The van der Waals surface area contributed by atoms with Crippen molar-refractivity contribution < 1.29 is 8.42 Å². The van der Waals surface area contributed by atoms with Gasteiger partial charge in [-0.3, -0.25) is 0 Å². The number of alkyl halides is 1. The molecule has 1 unspecified atom stereocenters. The topological polar surface area (TPSA) is 37.4 Å². The number of sulfonamides is 1. The van der Waals surface area contributed by atoms with E-state index < -0.39 is 10.0 Å². The Labute approximate surface area is 161 Å². The summed E-state index contributed by atoms with van der Waals surface area (Å²) in [5.74, 6) is 0.0163. The molecule has 7 heteroatoms. The predicted octanol–water partition coefficient (Wildman–Crippen LogP) is 5.18. The summed E-state index contributed by atoms with van der Waals surface area (Å²) in [6.45, 7) is 0.362. The van der Waals surface area contributed by atoms with Gasteiger partial charge in [-0.25, -0.2) is 12.7 Å². The zero-order valence-corrected chi connectivity index (χ0v) is 17.0. The van der Waals surface area contributed by atoms with E-state index >= 15 is 0 Å². The smallest absolute Gasteiger partial charge is 0.207 e. The second-order valence-electron chi connectivity index (χ2n) is 5.45. The maximum atomic E-state index is 12.7. The van der Waals surface area contributed by atoms with Crippen molar-refractivity contribution in [3.05, 3.63) is 64.1 Å². The average molecular weight is 451 g/mol. The third kappa shape index (κ3) is 4.73. The van der Waals surface area contributed by atoms with Crippen LogP contribution in [0.1, 0.15) is 17.9 Å². The molecule has 0 spiro atoms. The van der Waals surface area contributed by atoms with Crippen molar-refractivity contribution in [1.82, 2.24) is 4.31 Å². The molecular formula is C17H18BrCl2NO2S. The molecule has 2 aromatic carbocycles. The third-order valence-corrected chi connectivity index (χ3v) is 6.84. The van der Waals surface area contributed by atoms with E-state index in [4.69, 9.17) is 23.2 Å². The van der Waals surface area contributed by atoms with Gasteiger partial charge >= 0.3 is 0 Å². The van der Waals surface area contributed by atoms with Crippen LogP contribution in [-0.2, 0) is 10.0 Å². The van der Waals surface area contributed by atoms with E-state index in [1.165, 1.54) is 4.31 Å². The van der Waals surface area contributed by atoms with E-state index in [2.05, 4.69) is 15.9 Å². The highest BCUT2D eigenvalue weighted by molar-refractivity contribution is 9.09. The Morgan fingerprint density at radius 2 is 1.75 bits per heavy atom. The fourth-order valence-electron chi connectivity index (χ4n) is 2.44. The minimum atomic E-state index is -3.52. The second kappa shape index (κ2) is 8.68. The van der Waals surface area contributed by atoms with Crippen LogP contribution in [0.4, 0.5) is 0 Å². The molecule has 2 aromatic rings. The van der Waals surface area contributed by atoms with Crippen LogP contribution in [0.25, 0.3) is 0 Å². The van der Waals surface area contributed by atoms with Gasteiger partial charge in [0.25, 0.3) is 0 Å². The minimum absolute atomic E-state index is 0.0163. The van der Waals surface area contributed by atoms with Gasteiger partial charge in [0.15, 0.2) is 0 Å². The fraction of sp³-hybridized carbons (Fsp3) is 0.294. The Morgan fingerprint density at radius 1 is 1.08 bits per heavy atom. The number of likely N-dealkylation sites (N-methyl/N-ethyl adjacent to an activating group) is 1. The normalized spacial score (nSPS) is 13.2. The van der Waals surface area contributed by atoms with Crippen LogP contribution >= 0.6 is 39.1 Å². The van der Waals surface area contributed by atoms with E-state index in [9.17, 15) is 8.42 Å². The molecule has 0 aliphatic rings. The van der Waals surface area contributed by atoms with Crippen molar-refractivity contribution in [3.8, 4) is 0 Å². The van der Waals surface area contributed by atoms with Gasteiger partial charge in [0, 0.05) is 18.9 Å². The summed E-state index contributed by atoms with van der Waals surface area (Å²) in [6, 6.07) is 13.9. The molecule has 0 saturated heterocycles. The molecule has 130 valence electrons. The number of hydrogen-bond acceptors (Lipinski definition) is 2. The maximum absolute atomic E-state index is 12.7. The van der Waals surface area contributed by atoms with Crippen LogP contribution in [0, 0.1) is 0 Å². The highest BCUT2D eigenvalue weighted by atomic mass is 79.9. The second-order valence-corrected chi connectivity index (χ2v) is 9.10. The molecule has 0 aromatic heterocycles. The first-order valence-electron chi connectivity index (χ1n) is 7.38. The van der Waals surface area contributed by atoms with Gasteiger partial charge in [-0.15, -0.1) is 0 Å². The lowest BCUT2D eigenvalue weighted by atomic mass is 9.96. The van der Waals surface area contributed by atoms with Gasteiger partial charge in [0.2, 0.25) is 10.0 Å². The Bertz CT molecular complexity index is 784. The summed E-state index contributed by atoms with van der Waals surface area (Å²) in [4.78, 5) is 0.291. The number of halogens is 3. The molecule has 0 aliphatic heterocycles. The van der Waals surface area contributed by atoms with E-state index in [0.717, 1.165) is 17.3 Å². The Balaban J connectivity index is 2.25. The average Bonchev–Trinajstić information content (AvgIpc) is 2.57. The lowest BCUT2D eigenvalue weighted by molar-refractivity contribution is 0.432. The van der Waals surface area contributed by atoms with Crippen molar-refractivity contribution >= 4 is 49.2 Å². The minimum Gasteiger partial charge on any atom is -0.207 e. The lowest BCUT2D eigenvalue weighted by Gasteiger charge is -2.24. The molecular weight excluding hydrogens is 433 g/mol. The third-order valence-electron chi connectivity index (χ3n) is 3.80. The first-order chi connectivity index (χ1) is 11.4. The van der Waals surface area contributed by atoms with Crippen LogP contribution in [0.3, 0.4) is 0 Å². The van der Waals surface area contributed by atoms with E-state index in [-0.39, 0.29) is 5.92 Å². The molecule has 0 bridgehead atoms. The first kappa shape index (κ1) is 19.7. The van der Waals surface area contributed by atoms with Crippen LogP contribution in [0.15, 0.2) is 53.4 Å². The van der Waals surface area contributed by atoms with Gasteiger partial charge in [-0.2, -0.15) is 0 Å². The Kier molecular flexibility index (Phi) is 7.13. The van der Waals surface area contributed by atoms with Crippen molar-refractivity contribution in [2.24, 2.45) is 0 Å². The van der Waals surface area contributed by atoms with Crippen molar-refractivity contribution in [2.45, 2.75) is 17.2 Å². The number of benzene rings is 2. The van der Waals surface area contributed by atoms with Gasteiger partial charge < -0.3 is 0 Å². The van der Waals surface area contributed by atoms with Crippen LogP contribution in [0.5, 0.6) is 0 Å². The molecule has 3 nitrogen and oxygen atoms in total. The van der Waals surface area contributed by atoms with Gasteiger partial charge in [-0.05, 0) is 42.2 Å². The van der Waals surface area contributed by atoms with Gasteiger partial charge in [0.05, 0.1) is 14.9 Å². The maximum Gasteiger partial charge on any atom is 0.242 e. The van der Waals surface area contributed by atoms with E-state index in [1.807, 2.05) is 6.07 Å². The molecule has 0 radical (unpaired) electrons. The van der Waals surface area contributed by atoms with Gasteiger partial charge in [-0.1, -0.05) is 63.4 Å². The Hall–Kier alpha value is -0.590. The Morgan fingerprint density at radius 3 is 2.33 bits per heavy atom. The standard InChI is InChI=1S/C17H18BrCl2NO2S/c1-21(24(22,23)15-5-3-2-4-6-15)12-14(9-10-18)13-7-8-16(19)17(20)11-13/h2-8,11,14H,9-10,12H2,1H3. The molecule has 0 heterocycles. The molecule has 0 aliphatic carbocycles. The van der Waals surface area contributed by atoms with E-state index in [1.54, 1.807) is 49.5 Å². The quantitative estimate of drug-likeness (QED) is 0.544. The number of rotatable bonds is 7. The molecule has 0 fully saturated rings. The summed E-state index contributed by atoms with van der Waals surface area (Å²) in [6.07, 6.45) is 0.784. The van der Waals surface area contributed by atoms with Crippen molar-refractivity contribution in [2.75, 3.05) is 18.9 Å². The van der Waals surface area contributed by atoms with Gasteiger partial charge in [0.1, 0.15) is 0 Å². The summed E-state index contributed by atoms with van der Waals surface area (Å²) < 4.78 is 26.8. The van der Waals surface area contributed by atoms with Crippen molar-refractivity contribution in [1.29, 1.82) is 0 Å². The molecule has 0 saturated carbocycles. The molecule has 0 amide bonds. The lowest BCUT2D eigenvalue weighted by Crippen LogP contribution is -2.31. The summed E-state index contributed by atoms with van der Waals surface area (Å²) in [5.41, 5.74) is 0.971. The SMILES string of the molecule is CN(CC(CCBr)c1ccc(Cl)c(Cl)c1)S(=O)(=O)c1ccccc1. The van der Waals surface area contributed by atoms with Crippen LogP contribution < -0.4 is 0 Å². The predicted molar refractivity (Wildman–Crippen MR) is 104 cm³/mol. The number of nitrogens with zero attached hydrogens (tertiary/aromatic N) is 1. The largest absolute Gasteiger partial charge is 0.242 e. The molecule has 0 N–H and O–H groups in total. The monoisotopic (exact) mass is 449 g/mol. The zero-order valence-electron chi connectivity index (χ0n) is 13.1. The van der Waals surface area contributed by atoms with Crippen molar-refractivity contribution in [3.63, 3.8) is 0 Å². The summed E-state index contributed by atoms with van der Waals surface area (Å²) in [5, 5.41) is 1.72. The highest BCUT2D eigenvalue weighted by Crippen LogP contribution is 2.30. The van der Waals surface area contributed by atoms with Crippen LogP contribution in [0.2, 0.25) is 10.0 Å². The van der Waals surface area contributed by atoms with E-state index in [0.29, 0.717) is 21.5 Å². The summed E-state index contributed by atoms with van der Waals surface area (Å²) >= 11 is 15.5.